The lowest BCUT2D eigenvalue weighted by Gasteiger charge is -2.21. The van der Waals surface area contributed by atoms with Gasteiger partial charge in [0.2, 0.25) is 29.5 Å². The Morgan fingerprint density at radius 3 is 1.59 bits per heavy atom. The Balaban J connectivity index is 4.68. The molecular formula is C22H40N8O9. The first-order valence-electron chi connectivity index (χ1n) is 12.4. The van der Waals surface area contributed by atoms with E-state index in [-0.39, 0.29) is 12.8 Å². The van der Waals surface area contributed by atoms with Crippen LogP contribution in [0.5, 0.6) is 0 Å². The van der Waals surface area contributed by atoms with Crippen molar-refractivity contribution in [3.8, 4) is 0 Å². The molecule has 0 saturated carbocycles. The summed E-state index contributed by atoms with van der Waals surface area (Å²) in [6.45, 7) is -0.877. The Kier molecular flexibility index (Phi) is 18.2. The van der Waals surface area contributed by atoms with Crippen LogP contribution >= 0.6 is 0 Å². The van der Waals surface area contributed by atoms with Crippen molar-refractivity contribution in [1.82, 2.24) is 26.6 Å². The molecule has 0 aliphatic rings. The van der Waals surface area contributed by atoms with Crippen molar-refractivity contribution in [1.29, 1.82) is 0 Å². The molecule has 222 valence electrons. The van der Waals surface area contributed by atoms with E-state index in [2.05, 4.69) is 26.6 Å². The summed E-state index contributed by atoms with van der Waals surface area (Å²) in [5, 5.41) is 29.4. The van der Waals surface area contributed by atoms with Crippen molar-refractivity contribution in [2.24, 2.45) is 17.2 Å². The lowest BCUT2D eigenvalue weighted by molar-refractivity contribution is -0.142. The fourth-order valence-electron chi connectivity index (χ4n) is 3.09. The van der Waals surface area contributed by atoms with Crippen LogP contribution in [0.3, 0.4) is 0 Å². The molecule has 17 heteroatoms. The molecule has 0 fully saturated rings. The molecular weight excluding hydrogens is 520 g/mol. The van der Waals surface area contributed by atoms with E-state index >= 15 is 0 Å². The lowest BCUT2D eigenvalue weighted by Crippen LogP contribution is -2.53. The highest BCUT2D eigenvalue weighted by molar-refractivity contribution is 5.93. The van der Waals surface area contributed by atoms with Gasteiger partial charge in [-0.3, -0.25) is 28.8 Å². The summed E-state index contributed by atoms with van der Waals surface area (Å²) in [6.07, 6.45) is 1.87. The molecule has 0 aromatic rings. The third-order valence-corrected chi connectivity index (χ3v) is 5.21. The van der Waals surface area contributed by atoms with Gasteiger partial charge in [-0.25, -0.2) is 4.79 Å². The van der Waals surface area contributed by atoms with Crippen molar-refractivity contribution in [2.75, 3.05) is 32.7 Å². The van der Waals surface area contributed by atoms with Crippen LogP contribution in [0.2, 0.25) is 0 Å². The van der Waals surface area contributed by atoms with E-state index < -0.39 is 85.7 Å². The summed E-state index contributed by atoms with van der Waals surface area (Å²) in [5.41, 5.74) is 16.2. The van der Waals surface area contributed by atoms with E-state index in [0.717, 1.165) is 0 Å². The van der Waals surface area contributed by atoms with Crippen LogP contribution in [0, 0.1) is 0 Å². The van der Waals surface area contributed by atoms with Gasteiger partial charge in [-0.1, -0.05) is 0 Å². The molecule has 3 atom stereocenters. The molecule has 0 spiro atoms. The van der Waals surface area contributed by atoms with Crippen LogP contribution in [0.25, 0.3) is 0 Å². The van der Waals surface area contributed by atoms with Gasteiger partial charge in [0.25, 0.3) is 0 Å². The van der Waals surface area contributed by atoms with Crippen molar-refractivity contribution < 1.29 is 43.8 Å². The maximum atomic E-state index is 12.7. The number of amides is 5. The molecule has 39 heavy (non-hydrogen) atoms. The molecule has 0 aromatic heterocycles. The minimum atomic E-state index is -1.34. The zero-order valence-electron chi connectivity index (χ0n) is 21.7. The average Bonchev–Trinajstić information content (AvgIpc) is 2.87. The van der Waals surface area contributed by atoms with Crippen LogP contribution < -0.4 is 43.8 Å². The predicted octanol–water partition coefficient (Wildman–Crippen LogP) is -4.55. The number of unbranched alkanes of at least 4 members (excludes halogenated alkanes) is 2. The second-order valence-electron chi connectivity index (χ2n) is 8.56. The Morgan fingerprint density at radius 2 is 1.10 bits per heavy atom. The molecule has 5 amide bonds. The zero-order chi connectivity index (χ0) is 29.8. The monoisotopic (exact) mass is 560 g/mol. The highest BCUT2D eigenvalue weighted by Crippen LogP contribution is 2.05. The quantitative estimate of drug-likeness (QED) is 0.0594. The number of hydrogen-bond donors (Lipinski definition) is 10. The minimum Gasteiger partial charge on any atom is -0.481 e. The van der Waals surface area contributed by atoms with Gasteiger partial charge in [0.05, 0.1) is 32.1 Å². The predicted molar refractivity (Wildman–Crippen MR) is 137 cm³/mol. The largest absolute Gasteiger partial charge is 0.481 e. The van der Waals surface area contributed by atoms with Crippen molar-refractivity contribution >= 4 is 41.5 Å². The number of nitrogens with one attached hydrogen (secondary N) is 5. The standard InChI is InChI=1S/C22H40N8O9/c23-7-3-1-5-14(21(37)30-15(22(38)39)6-2-4-8-24)29-18(33)12-27-16(31)10-26-17(32)11-28-20(36)13(25)9-19(34)35/h13-15H,1-12,23-25H2,(H,26,32)(H,27,31)(H,28,36)(H,29,33)(H,30,37)(H,34,35)(H,38,39). The van der Waals surface area contributed by atoms with E-state index in [1.165, 1.54) is 0 Å². The molecule has 0 radical (unpaired) electrons. The summed E-state index contributed by atoms with van der Waals surface area (Å²) < 4.78 is 0. The first-order valence-corrected chi connectivity index (χ1v) is 12.4. The summed E-state index contributed by atoms with van der Waals surface area (Å²) in [4.78, 5) is 82.4. The van der Waals surface area contributed by atoms with Crippen molar-refractivity contribution in [3.05, 3.63) is 0 Å². The summed E-state index contributed by atoms with van der Waals surface area (Å²) in [5.74, 6) is -6.29. The van der Waals surface area contributed by atoms with Gasteiger partial charge in [-0.2, -0.15) is 0 Å². The van der Waals surface area contributed by atoms with Gasteiger partial charge in [0.15, 0.2) is 0 Å². The van der Waals surface area contributed by atoms with Gasteiger partial charge >= 0.3 is 11.9 Å². The van der Waals surface area contributed by atoms with Crippen molar-refractivity contribution in [3.63, 3.8) is 0 Å². The van der Waals surface area contributed by atoms with E-state index in [1.807, 2.05) is 0 Å². The maximum Gasteiger partial charge on any atom is 0.326 e. The van der Waals surface area contributed by atoms with E-state index in [9.17, 15) is 38.7 Å². The zero-order valence-corrected chi connectivity index (χ0v) is 21.7. The molecule has 0 saturated heterocycles. The first kappa shape index (κ1) is 35.2. The Labute approximate surface area is 225 Å². The molecule has 0 aliphatic heterocycles. The number of nitrogens with two attached hydrogens (primary N) is 3. The van der Waals surface area contributed by atoms with Crippen LogP contribution in [0.15, 0.2) is 0 Å². The summed E-state index contributed by atoms with van der Waals surface area (Å²) in [6, 6.07) is -3.56. The summed E-state index contributed by atoms with van der Waals surface area (Å²) >= 11 is 0. The molecule has 0 aromatic carbocycles. The van der Waals surface area contributed by atoms with E-state index in [1.54, 1.807) is 0 Å². The number of hydrogen-bond acceptors (Lipinski definition) is 10. The second-order valence-corrected chi connectivity index (χ2v) is 8.56. The number of carbonyl (C=O) groups excluding carboxylic acids is 5. The third kappa shape index (κ3) is 17.3. The molecule has 0 heterocycles. The fourth-order valence-corrected chi connectivity index (χ4v) is 3.09. The number of carboxylic acids is 2. The Bertz CT molecular complexity index is 855. The lowest BCUT2D eigenvalue weighted by atomic mass is 10.1. The maximum absolute atomic E-state index is 12.7. The van der Waals surface area contributed by atoms with Crippen LogP contribution in [0.4, 0.5) is 0 Å². The van der Waals surface area contributed by atoms with Crippen molar-refractivity contribution in [2.45, 2.75) is 63.1 Å². The normalized spacial score (nSPS) is 12.8. The number of rotatable bonds is 21. The molecule has 0 rings (SSSR count). The van der Waals surface area contributed by atoms with E-state index in [0.29, 0.717) is 38.8 Å². The molecule has 3 unspecified atom stereocenters. The third-order valence-electron chi connectivity index (χ3n) is 5.21. The molecule has 17 nitrogen and oxygen atoms in total. The topological polar surface area (TPSA) is 298 Å². The van der Waals surface area contributed by atoms with Gasteiger partial charge in [-0.05, 0) is 51.6 Å². The van der Waals surface area contributed by atoms with Gasteiger partial charge in [-0.15, -0.1) is 0 Å². The highest BCUT2D eigenvalue weighted by atomic mass is 16.4. The SMILES string of the molecule is NCCCCC(NC(=O)C(CCCCN)NC(=O)CNC(=O)CNC(=O)CNC(=O)C(N)CC(=O)O)C(=O)O. The fraction of sp³-hybridized carbons (Fsp3) is 0.682. The molecule has 13 N–H and O–H groups in total. The summed E-state index contributed by atoms with van der Waals surface area (Å²) in [7, 11) is 0. The molecule has 0 bridgehead atoms. The molecule has 0 aliphatic carbocycles. The van der Waals surface area contributed by atoms with Gasteiger partial charge < -0.3 is 54.0 Å². The van der Waals surface area contributed by atoms with Gasteiger partial charge in [0.1, 0.15) is 12.1 Å². The van der Waals surface area contributed by atoms with E-state index in [4.69, 9.17) is 22.3 Å². The van der Waals surface area contributed by atoms with Crippen LogP contribution in [-0.2, 0) is 33.6 Å². The number of carbonyl (C=O) groups is 7. The Morgan fingerprint density at radius 1 is 0.615 bits per heavy atom. The second kappa shape index (κ2) is 20.2. The van der Waals surface area contributed by atoms with Crippen LogP contribution in [0.1, 0.15) is 44.9 Å². The first-order chi connectivity index (χ1) is 18.4. The number of aliphatic carboxylic acids is 2. The smallest absolute Gasteiger partial charge is 0.326 e. The van der Waals surface area contributed by atoms with Crippen LogP contribution in [-0.4, -0.2) is 103 Å². The average molecular weight is 561 g/mol. The number of carboxylic acid groups (broad SMARTS) is 2. The minimum absolute atomic E-state index is 0.169. The Hall–Kier alpha value is -3.83. The highest BCUT2D eigenvalue weighted by Gasteiger charge is 2.26. The van der Waals surface area contributed by atoms with Gasteiger partial charge in [0, 0.05) is 0 Å².